The highest BCUT2D eigenvalue weighted by Crippen LogP contribution is 2.26. The van der Waals surface area contributed by atoms with Crippen LogP contribution in [-0.4, -0.2) is 17.0 Å². The number of carboxylic acids is 1. The van der Waals surface area contributed by atoms with Crippen LogP contribution in [0.2, 0.25) is 0 Å². The monoisotopic (exact) mass is 355 g/mol. The second kappa shape index (κ2) is 7.07. The number of halogens is 1. The van der Waals surface area contributed by atoms with Crippen molar-refractivity contribution in [3.05, 3.63) is 28.2 Å². The molecule has 0 aliphatic rings. The molecule has 0 radical (unpaired) electrons. The lowest BCUT2D eigenvalue weighted by Gasteiger charge is -2.22. The predicted octanol–water partition coefficient (Wildman–Crippen LogP) is 4.55. The van der Waals surface area contributed by atoms with Crippen LogP contribution in [0.4, 0.5) is 5.69 Å². The van der Waals surface area contributed by atoms with Gasteiger partial charge in [0.2, 0.25) is 5.91 Å². The molecule has 1 unspecified atom stereocenters. The number of aromatic carboxylic acids is 1. The van der Waals surface area contributed by atoms with Crippen LogP contribution in [0.25, 0.3) is 0 Å². The van der Waals surface area contributed by atoms with E-state index < -0.39 is 5.97 Å². The van der Waals surface area contributed by atoms with Gasteiger partial charge in [0.25, 0.3) is 0 Å². The molecule has 0 aliphatic heterocycles. The van der Waals surface area contributed by atoms with E-state index in [-0.39, 0.29) is 22.8 Å². The van der Waals surface area contributed by atoms with Crippen LogP contribution in [0.5, 0.6) is 0 Å². The fourth-order valence-electron chi connectivity index (χ4n) is 2.43. The van der Waals surface area contributed by atoms with E-state index in [4.69, 9.17) is 5.11 Å². The molecule has 116 valence electrons. The van der Waals surface area contributed by atoms with Crippen molar-refractivity contribution in [2.75, 3.05) is 5.32 Å². The average molecular weight is 356 g/mol. The second-order valence-corrected chi connectivity index (χ2v) is 7.57. The number of hydrogen-bond acceptors (Lipinski definition) is 2. The minimum absolute atomic E-state index is 0.0961. The van der Waals surface area contributed by atoms with Gasteiger partial charge in [0.15, 0.2) is 0 Å². The van der Waals surface area contributed by atoms with Crippen LogP contribution in [0.1, 0.15) is 50.9 Å². The highest BCUT2D eigenvalue weighted by atomic mass is 79.9. The number of benzene rings is 1. The Morgan fingerprint density at radius 3 is 2.43 bits per heavy atom. The van der Waals surface area contributed by atoms with E-state index in [1.54, 1.807) is 6.07 Å². The number of anilines is 1. The Labute approximate surface area is 134 Å². The van der Waals surface area contributed by atoms with Gasteiger partial charge in [0.05, 0.1) is 5.56 Å². The highest BCUT2D eigenvalue weighted by molar-refractivity contribution is 9.10. The first-order valence-electron chi connectivity index (χ1n) is 6.90. The largest absolute Gasteiger partial charge is 0.478 e. The molecule has 1 aromatic carbocycles. The molecule has 5 heteroatoms. The Morgan fingerprint density at radius 1 is 1.29 bits per heavy atom. The number of rotatable bonds is 5. The van der Waals surface area contributed by atoms with Crippen LogP contribution in [0.3, 0.4) is 0 Å². The maximum absolute atomic E-state index is 12.0. The van der Waals surface area contributed by atoms with Crippen molar-refractivity contribution in [3.8, 4) is 0 Å². The number of carboxylic acid groups (broad SMARTS) is 1. The van der Waals surface area contributed by atoms with Gasteiger partial charge in [-0.25, -0.2) is 4.79 Å². The lowest BCUT2D eigenvalue weighted by atomic mass is 9.84. The molecule has 1 amide bonds. The van der Waals surface area contributed by atoms with Gasteiger partial charge in [-0.2, -0.15) is 0 Å². The predicted molar refractivity (Wildman–Crippen MR) is 87.6 cm³/mol. The Hall–Kier alpha value is -1.36. The summed E-state index contributed by atoms with van der Waals surface area (Å²) >= 11 is 3.25. The first-order chi connectivity index (χ1) is 9.56. The molecule has 21 heavy (non-hydrogen) atoms. The Kier molecular flexibility index (Phi) is 5.96. The van der Waals surface area contributed by atoms with E-state index in [0.717, 1.165) is 6.42 Å². The second-order valence-electron chi connectivity index (χ2n) is 6.66. The summed E-state index contributed by atoms with van der Waals surface area (Å²) in [6.07, 6.45) is 1.38. The third kappa shape index (κ3) is 6.76. The summed E-state index contributed by atoms with van der Waals surface area (Å²) < 4.78 is 0.625. The molecule has 2 N–H and O–H groups in total. The van der Waals surface area contributed by atoms with E-state index in [2.05, 4.69) is 48.9 Å². The van der Waals surface area contributed by atoms with E-state index in [0.29, 0.717) is 16.6 Å². The summed E-state index contributed by atoms with van der Waals surface area (Å²) in [7, 11) is 0. The number of carbonyl (C=O) groups excluding carboxylic acids is 1. The smallest absolute Gasteiger partial charge is 0.335 e. The molecule has 4 nitrogen and oxygen atoms in total. The quantitative estimate of drug-likeness (QED) is 0.814. The summed E-state index contributed by atoms with van der Waals surface area (Å²) in [6, 6.07) is 4.65. The van der Waals surface area contributed by atoms with Crippen LogP contribution in [0.15, 0.2) is 22.7 Å². The summed E-state index contributed by atoms with van der Waals surface area (Å²) in [5, 5.41) is 11.8. The molecule has 0 saturated carbocycles. The van der Waals surface area contributed by atoms with Gasteiger partial charge >= 0.3 is 5.97 Å². The molecule has 0 heterocycles. The van der Waals surface area contributed by atoms with E-state index in [1.807, 2.05) is 0 Å². The molecule has 0 aliphatic carbocycles. The first-order valence-corrected chi connectivity index (χ1v) is 7.70. The number of amides is 1. The van der Waals surface area contributed by atoms with Crippen LogP contribution < -0.4 is 5.32 Å². The standard InChI is InChI=1S/C16H22BrNO3/c1-10(9-16(2,3)4)5-14(19)18-13-7-11(15(20)21)6-12(17)8-13/h6-8,10H,5,9H2,1-4H3,(H,18,19)(H,20,21). The summed E-state index contributed by atoms with van der Waals surface area (Å²) in [5.41, 5.74) is 0.823. The highest BCUT2D eigenvalue weighted by Gasteiger charge is 2.18. The average Bonchev–Trinajstić information content (AvgIpc) is 2.24. The van der Waals surface area contributed by atoms with Gasteiger partial charge in [-0.3, -0.25) is 4.79 Å². The molecule has 1 atom stereocenters. The van der Waals surface area contributed by atoms with Crippen molar-refractivity contribution in [3.63, 3.8) is 0 Å². The van der Waals surface area contributed by atoms with Crippen molar-refractivity contribution in [1.82, 2.24) is 0 Å². The Morgan fingerprint density at radius 2 is 1.90 bits per heavy atom. The summed E-state index contributed by atoms with van der Waals surface area (Å²) in [4.78, 5) is 23.0. The third-order valence-electron chi connectivity index (χ3n) is 2.92. The molecule has 0 aromatic heterocycles. The molecule has 0 fully saturated rings. The van der Waals surface area contributed by atoms with E-state index in [9.17, 15) is 9.59 Å². The van der Waals surface area contributed by atoms with Crippen molar-refractivity contribution in [2.24, 2.45) is 11.3 Å². The topological polar surface area (TPSA) is 66.4 Å². The van der Waals surface area contributed by atoms with Crippen molar-refractivity contribution < 1.29 is 14.7 Å². The molecule has 0 bridgehead atoms. The SMILES string of the molecule is CC(CC(=O)Nc1cc(Br)cc(C(=O)O)c1)CC(C)(C)C. The molecular formula is C16H22BrNO3. The number of carbonyl (C=O) groups is 2. The zero-order valence-electron chi connectivity index (χ0n) is 12.9. The van der Waals surface area contributed by atoms with Gasteiger partial charge in [-0.1, -0.05) is 43.6 Å². The zero-order chi connectivity index (χ0) is 16.2. The van der Waals surface area contributed by atoms with Gasteiger partial charge in [-0.05, 0) is 36.0 Å². The maximum Gasteiger partial charge on any atom is 0.335 e. The first kappa shape index (κ1) is 17.7. The van der Waals surface area contributed by atoms with E-state index >= 15 is 0 Å². The Balaban J connectivity index is 2.69. The lowest BCUT2D eigenvalue weighted by molar-refractivity contribution is -0.117. The summed E-state index contributed by atoms with van der Waals surface area (Å²) in [6.45, 7) is 8.49. The van der Waals surface area contributed by atoms with E-state index in [1.165, 1.54) is 12.1 Å². The van der Waals surface area contributed by atoms with Crippen LogP contribution in [-0.2, 0) is 4.79 Å². The van der Waals surface area contributed by atoms with Crippen molar-refractivity contribution in [1.29, 1.82) is 0 Å². The van der Waals surface area contributed by atoms with Crippen LogP contribution in [0, 0.1) is 11.3 Å². The summed E-state index contributed by atoms with van der Waals surface area (Å²) in [5.74, 6) is -0.842. The van der Waals surface area contributed by atoms with Crippen molar-refractivity contribution in [2.45, 2.75) is 40.5 Å². The molecule has 1 aromatic rings. The van der Waals surface area contributed by atoms with Crippen LogP contribution >= 0.6 is 15.9 Å². The number of nitrogens with one attached hydrogen (secondary N) is 1. The number of hydrogen-bond donors (Lipinski definition) is 2. The van der Waals surface area contributed by atoms with Gasteiger partial charge in [0.1, 0.15) is 0 Å². The molecule has 0 saturated heterocycles. The third-order valence-corrected chi connectivity index (χ3v) is 3.38. The molecule has 0 spiro atoms. The lowest BCUT2D eigenvalue weighted by Crippen LogP contribution is -2.19. The fourth-order valence-corrected chi connectivity index (χ4v) is 2.92. The van der Waals surface area contributed by atoms with Crippen molar-refractivity contribution >= 4 is 33.5 Å². The minimum Gasteiger partial charge on any atom is -0.478 e. The van der Waals surface area contributed by atoms with Gasteiger partial charge in [0, 0.05) is 16.6 Å². The zero-order valence-corrected chi connectivity index (χ0v) is 14.5. The van der Waals surface area contributed by atoms with Gasteiger partial charge in [-0.15, -0.1) is 0 Å². The maximum atomic E-state index is 12.0. The normalized spacial score (nSPS) is 12.8. The molecule has 1 rings (SSSR count). The van der Waals surface area contributed by atoms with Gasteiger partial charge < -0.3 is 10.4 Å². The Bertz CT molecular complexity index is 535. The molecular weight excluding hydrogens is 334 g/mol. The minimum atomic E-state index is -1.02. The fraction of sp³-hybridized carbons (Fsp3) is 0.500.